The molecule has 0 aromatic heterocycles. The molecular formula is C11H14N2O7S. The molecule has 0 aliphatic carbocycles. The van der Waals surface area contributed by atoms with Crippen LogP contribution in [0.4, 0.5) is 5.69 Å². The van der Waals surface area contributed by atoms with Crippen LogP contribution in [0, 0.1) is 30.9 Å². The Bertz CT molecular complexity index is 697. The zero-order chi connectivity index (χ0) is 16.4. The first-order valence-electron chi connectivity index (χ1n) is 5.68. The molecule has 1 aromatic carbocycles. The lowest BCUT2D eigenvalue weighted by Crippen LogP contribution is -2.28. The second kappa shape index (κ2) is 6.16. The number of hydrogen-bond donors (Lipinski definition) is 2. The number of aryl methyl sites for hydroxylation is 2. The molecule has 0 saturated carbocycles. The monoisotopic (exact) mass is 318 g/mol. The number of nitro groups is 1. The summed E-state index contributed by atoms with van der Waals surface area (Å²) < 4.78 is 24.2. The second-order valence-corrected chi connectivity index (χ2v) is 5.92. The first kappa shape index (κ1) is 17.0. The summed E-state index contributed by atoms with van der Waals surface area (Å²) in [6.07, 6.45) is 0. The summed E-state index contributed by atoms with van der Waals surface area (Å²) in [5.74, 6) is -1.36. The van der Waals surface area contributed by atoms with Crippen LogP contribution in [0.3, 0.4) is 0 Å². The van der Waals surface area contributed by atoms with Gasteiger partial charge in [-0.05, 0) is 32.4 Å². The van der Waals surface area contributed by atoms with E-state index in [0.717, 1.165) is 0 Å². The van der Waals surface area contributed by atoms with Crippen molar-refractivity contribution in [2.24, 2.45) is 0 Å². The summed E-state index contributed by atoms with van der Waals surface area (Å²) in [5.41, 5.74) is 0.283. The first-order chi connectivity index (χ1) is 9.58. The number of nitrogens with one attached hydrogen (secondary N) is 1. The number of benzene rings is 1. The van der Waals surface area contributed by atoms with Crippen LogP contribution >= 0.6 is 0 Å². The molecular weight excluding hydrogens is 304 g/mol. The number of carbonyl (C=O) groups is 1. The summed E-state index contributed by atoms with van der Waals surface area (Å²) in [6.45, 7) is 3.42. The molecule has 116 valence electrons. The number of sulfonamides is 1. The summed E-state index contributed by atoms with van der Waals surface area (Å²) in [6, 6.07) is 1.37. The van der Waals surface area contributed by atoms with Gasteiger partial charge in [0.15, 0.2) is 6.61 Å². The van der Waals surface area contributed by atoms with Crippen molar-refractivity contribution in [2.45, 2.75) is 25.7 Å². The van der Waals surface area contributed by atoms with Gasteiger partial charge in [0.05, 0.1) is 9.82 Å². The molecule has 2 N–H and O–H groups in total. The highest BCUT2D eigenvalue weighted by Gasteiger charge is 2.28. The third-order valence-corrected chi connectivity index (χ3v) is 4.18. The maximum absolute atomic E-state index is 12.1. The molecule has 0 radical (unpaired) electrons. The van der Waals surface area contributed by atoms with E-state index in [1.165, 1.54) is 26.8 Å². The molecule has 0 unspecified atom stereocenters. The van der Waals surface area contributed by atoms with Crippen LogP contribution in [0.15, 0.2) is 11.0 Å². The Morgan fingerprint density at radius 2 is 1.95 bits per heavy atom. The van der Waals surface area contributed by atoms with Crippen LogP contribution in [-0.4, -0.2) is 31.0 Å². The first-order valence-corrected chi connectivity index (χ1v) is 7.16. The molecule has 9 nitrogen and oxygen atoms in total. The van der Waals surface area contributed by atoms with Crippen LogP contribution in [0.25, 0.3) is 0 Å². The van der Waals surface area contributed by atoms with Gasteiger partial charge in [-0.2, -0.15) is 0 Å². The van der Waals surface area contributed by atoms with Gasteiger partial charge in [-0.15, -0.1) is 0 Å². The number of hydrogen-bond acceptors (Lipinski definition) is 6. The van der Waals surface area contributed by atoms with Crippen molar-refractivity contribution < 1.29 is 28.1 Å². The summed E-state index contributed by atoms with van der Waals surface area (Å²) in [4.78, 5) is 26.3. The summed E-state index contributed by atoms with van der Waals surface area (Å²) in [5, 5.41) is 19.4. The zero-order valence-electron chi connectivity index (χ0n) is 11.5. The van der Waals surface area contributed by atoms with E-state index in [1.54, 1.807) is 4.89 Å². The van der Waals surface area contributed by atoms with Gasteiger partial charge < -0.3 is 5.11 Å². The number of rotatable bonds is 6. The van der Waals surface area contributed by atoms with E-state index in [9.17, 15) is 23.3 Å². The smallest absolute Gasteiger partial charge is 0.331 e. The largest absolute Gasteiger partial charge is 0.479 e. The third kappa shape index (κ3) is 3.74. The molecule has 10 heteroatoms. The van der Waals surface area contributed by atoms with Gasteiger partial charge in [0.1, 0.15) is 0 Å². The van der Waals surface area contributed by atoms with Gasteiger partial charge in [0.2, 0.25) is 0 Å². The van der Waals surface area contributed by atoms with Crippen molar-refractivity contribution >= 4 is 21.7 Å². The van der Waals surface area contributed by atoms with E-state index >= 15 is 0 Å². The fourth-order valence-electron chi connectivity index (χ4n) is 2.06. The topological polar surface area (TPSA) is 136 Å². The van der Waals surface area contributed by atoms with Crippen LogP contribution in [-0.2, 0) is 19.7 Å². The van der Waals surface area contributed by atoms with Crippen LogP contribution in [0.1, 0.15) is 16.7 Å². The minimum Gasteiger partial charge on any atom is -0.479 e. The average molecular weight is 318 g/mol. The van der Waals surface area contributed by atoms with E-state index in [4.69, 9.17) is 5.11 Å². The van der Waals surface area contributed by atoms with Gasteiger partial charge in [-0.1, -0.05) is 4.89 Å². The number of nitro benzene ring substituents is 1. The number of nitrogens with zero attached hydrogens (tertiary/aromatic N) is 1. The van der Waals surface area contributed by atoms with E-state index < -0.39 is 27.5 Å². The Balaban J connectivity index is 3.32. The Hall–Kier alpha value is -2.04. The maximum Gasteiger partial charge on any atom is 0.331 e. The third-order valence-electron chi connectivity index (χ3n) is 2.68. The minimum atomic E-state index is -4.23. The molecule has 0 spiro atoms. The molecule has 0 fully saturated rings. The van der Waals surface area contributed by atoms with E-state index in [1.807, 2.05) is 0 Å². The van der Waals surface area contributed by atoms with Crippen molar-refractivity contribution in [1.82, 2.24) is 4.89 Å². The standard InChI is InChI=1S/C11H14N2O7S/c1-6-4-7(2)11(8(3)10(6)13(16)17)21(18,19)12-20-5-9(14)15/h4,12H,5H2,1-3H3,(H,14,15). The van der Waals surface area contributed by atoms with Crippen molar-refractivity contribution in [1.29, 1.82) is 0 Å². The highest BCUT2D eigenvalue weighted by molar-refractivity contribution is 7.89. The molecule has 0 aliphatic heterocycles. The Morgan fingerprint density at radius 3 is 2.43 bits per heavy atom. The van der Waals surface area contributed by atoms with E-state index in [2.05, 4.69) is 4.84 Å². The maximum atomic E-state index is 12.1. The average Bonchev–Trinajstić information content (AvgIpc) is 2.25. The van der Waals surface area contributed by atoms with E-state index in [0.29, 0.717) is 11.1 Å². The molecule has 0 aliphatic rings. The lowest BCUT2D eigenvalue weighted by Gasteiger charge is -2.13. The SMILES string of the molecule is Cc1cc(C)c(S(=O)(=O)NOCC(=O)O)c(C)c1[N+](=O)[O-]. The number of aliphatic carboxylic acids is 1. The van der Waals surface area contributed by atoms with Crippen LogP contribution in [0.2, 0.25) is 0 Å². The Labute approximate surface area is 120 Å². The highest BCUT2D eigenvalue weighted by atomic mass is 32.2. The van der Waals surface area contributed by atoms with Gasteiger partial charge >= 0.3 is 5.97 Å². The van der Waals surface area contributed by atoms with Crippen molar-refractivity contribution in [3.63, 3.8) is 0 Å². The van der Waals surface area contributed by atoms with Crippen molar-refractivity contribution in [3.8, 4) is 0 Å². The molecule has 0 saturated heterocycles. The molecule has 1 aromatic rings. The van der Waals surface area contributed by atoms with Crippen molar-refractivity contribution in [2.75, 3.05) is 6.61 Å². The second-order valence-electron chi connectivity index (χ2n) is 4.34. The number of carboxylic acid groups (broad SMARTS) is 1. The fraction of sp³-hybridized carbons (Fsp3) is 0.364. The van der Waals surface area contributed by atoms with Crippen LogP contribution < -0.4 is 4.89 Å². The predicted octanol–water partition coefficient (Wildman–Crippen LogP) is 0.815. The van der Waals surface area contributed by atoms with Crippen molar-refractivity contribution in [3.05, 3.63) is 32.9 Å². The van der Waals surface area contributed by atoms with Gasteiger partial charge in [-0.25, -0.2) is 13.2 Å². The van der Waals surface area contributed by atoms with Gasteiger partial charge in [0.25, 0.3) is 15.7 Å². The van der Waals surface area contributed by atoms with E-state index in [-0.39, 0.29) is 16.1 Å². The number of carboxylic acids is 1. The van der Waals surface area contributed by atoms with Crippen LogP contribution in [0.5, 0.6) is 0 Å². The summed E-state index contributed by atoms with van der Waals surface area (Å²) >= 11 is 0. The zero-order valence-corrected chi connectivity index (χ0v) is 12.4. The van der Waals surface area contributed by atoms with Gasteiger partial charge in [0, 0.05) is 11.1 Å². The molecule has 0 bridgehead atoms. The molecule has 0 heterocycles. The van der Waals surface area contributed by atoms with Gasteiger partial charge in [-0.3, -0.25) is 15.0 Å². The fourth-order valence-corrected chi connectivity index (χ4v) is 3.34. The molecule has 1 rings (SSSR count). The quantitative estimate of drug-likeness (QED) is 0.585. The Kier molecular flexibility index (Phi) is 4.99. The molecule has 0 amide bonds. The lowest BCUT2D eigenvalue weighted by molar-refractivity contribution is -0.386. The molecule has 21 heavy (non-hydrogen) atoms. The molecule has 0 atom stereocenters. The minimum absolute atomic E-state index is 0.0380. The normalized spacial score (nSPS) is 11.4. The Morgan fingerprint density at radius 1 is 1.38 bits per heavy atom. The predicted molar refractivity (Wildman–Crippen MR) is 71.2 cm³/mol. The summed E-state index contributed by atoms with van der Waals surface area (Å²) in [7, 11) is -4.23. The highest BCUT2D eigenvalue weighted by Crippen LogP contribution is 2.31. The lowest BCUT2D eigenvalue weighted by atomic mass is 10.1.